The summed E-state index contributed by atoms with van der Waals surface area (Å²) in [4.78, 5) is 35.9. The second-order valence-corrected chi connectivity index (χ2v) is 7.71. The lowest BCUT2D eigenvalue weighted by atomic mass is 9.92. The van der Waals surface area contributed by atoms with Gasteiger partial charge in [0.2, 0.25) is 5.82 Å². The van der Waals surface area contributed by atoms with Crippen LogP contribution in [0.2, 0.25) is 0 Å². The summed E-state index contributed by atoms with van der Waals surface area (Å²) in [5.74, 6) is -0.204. The Labute approximate surface area is 173 Å². The third-order valence-corrected chi connectivity index (χ3v) is 5.77. The number of carbonyl (C=O) groups excluding carboxylic acids is 2. The van der Waals surface area contributed by atoms with Crippen LogP contribution < -0.4 is 15.0 Å². The van der Waals surface area contributed by atoms with Crippen molar-refractivity contribution in [2.75, 3.05) is 31.8 Å². The van der Waals surface area contributed by atoms with E-state index >= 15 is 0 Å². The molecular weight excluding hydrogens is 388 g/mol. The first-order valence-electron chi connectivity index (χ1n) is 9.96. The van der Waals surface area contributed by atoms with Gasteiger partial charge in [-0.25, -0.2) is 9.97 Å². The molecule has 3 aliphatic rings. The van der Waals surface area contributed by atoms with Crippen LogP contribution in [0.15, 0.2) is 30.5 Å². The molecule has 1 aromatic heterocycles. The topological polar surface area (TPSA) is 103 Å². The average Bonchev–Trinajstić information content (AvgIpc) is 3.07. The zero-order valence-electron chi connectivity index (χ0n) is 16.6. The van der Waals surface area contributed by atoms with Crippen molar-refractivity contribution in [2.24, 2.45) is 0 Å². The molecule has 9 heteroatoms. The van der Waals surface area contributed by atoms with Crippen molar-refractivity contribution in [1.29, 1.82) is 0 Å². The molecule has 30 heavy (non-hydrogen) atoms. The number of carbonyl (C=O) groups is 2. The molecule has 5 rings (SSSR count). The fourth-order valence-electron chi connectivity index (χ4n) is 4.15. The van der Waals surface area contributed by atoms with Crippen LogP contribution in [-0.2, 0) is 26.5 Å². The Morgan fingerprint density at radius 1 is 1.33 bits per heavy atom. The molecule has 0 bridgehead atoms. The summed E-state index contributed by atoms with van der Waals surface area (Å²) in [6.45, 7) is 1.53. The van der Waals surface area contributed by atoms with Gasteiger partial charge < -0.3 is 24.4 Å². The van der Waals surface area contributed by atoms with Crippen LogP contribution in [0.4, 0.5) is 5.69 Å². The lowest BCUT2D eigenvalue weighted by Gasteiger charge is -2.32. The van der Waals surface area contributed by atoms with Gasteiger partial charge in [-0.1, -0.05) is 12.1 Å². The number of rotatable bonds is 2. The third kappa shape index (κ3) is 3.10. The van der Waals surface area contributed by atoms with Gasteiger partial charge >= 0.3 is 0 Å². The van der Waals surface area contributed by atoms with Crippen molar-refractivity contribution in [3.8, 4) is 5.75 Å². The van der Waals surface area contributed by atoms with Crippen LogP contribution >= 0.6 is 0 Å². The molecule has 3 aliphatic heterocycles. The molecule has 2 unspecified atom stereocenters. The lowest BCUT2D eigenvalue weighted by molar-refractivity contribution is -0.127. The second kappa shape index (κ2) is 7.33. The Balaban J connectivity index is 1.36. The fourth-order valence-corrected chi connectivity index (χ4v) is 4.15. The number of para-hydroxylation sites is 2. The number of fused-ring (bicyclic) bond motifs is 3. The first kappa shape index (κ1) is 19.0. The van der Waals surface area contributed by atoms with E-state index in [0.29, 0.717) is 37.0 Å². The minimum absolute atomic E-state index is 0.00131. The zero-order chi connectivity index (χ0) is 20.7. The quantitative estimate of drug-likeness (QED) is 0.793. The number of ether oxygens (including phenoxy) is 3. The van der Waals surface area contributed by atoms with Crippen LogP contribution in [0.5, 0.6) is 5.75 Å². The van der Waals surface area contributed by atoms with Gasteiger partial charge in [-0.05, 0) is 25.0 Å². The van der Waals surface area contributed by atoms with E-state index < -0.39 is 17.6 Å². The van der Waals surface area contributed by atoms with Crippen molar-refractivity contribution < 1.29 is 23.8 Å². The molecule has 2 amide bonds. The van der Waals surface area contributed by atoms with E-state index in [2.05, 4.69) is 15.3 Å². The molecular formula is C21H22N4O5. The summed E-state index contributed by atoms with van der Waals surface area (Å²) in [6.07, 6.45) is 3.27. The van der Waals surface area contributed by atoms with E-state index in [4.69, 9.17) is 14.2 Å². The van der Waals surface area contributed by atoms with Crippen LogP contribution in [0, 0.1) is 0 Å². The van der Waals surface area contributed by atoms with E-state index in [1.54, 1.807) is 25.4 Å². The van der Waals surface area contributed by atoms with Crippen LogP contribution in [0.3, 0.4) is 0 Å². The zero-order valence-corrected chi connectivity index (χ0v) is 16.6. The van der Waals surface area contributed by atoms with Gasteiger partial charge in [0.25, 0.3) is 11.8 Å². The molecule has 2 aromatic rings. The summed E-state index contributed by atoms with van der Waals surface area (Å²) in [5.41, 5.74) is 1.61. The summed E-state index contributed by atoms with van der Waals surface area (Å²) in [5, 5.41) is 2.72. The maximum atomic E-state index is 12.9. The first-order chi connectivity index (χ1) is 14.6. The number of amides is 2. The fraction of sp³-hybridized carbons (Fsp3) is 0.429. The number of nitrogens with one attached hydrogen (secondary N) is 1. The second-order valence-electron chi connectivity index (χ2n) is 7.71. The van der Waals surface area contributed by atoms with E-state index in [9.17, 15) is 9.59 Å². The van der Waals surface area contributed by atoms with E-state index in [1.807, 2.05) is 12.1 Å². The Kier molecular flexibility index (Phi) is 4.63. The number of aromatic nitrogens is 2. The highest BCUT2D eigenvalue weighted by molar-refractivity contribution is 6.02. The van der Waals surface area contributed by atoms with Gasteiger partial charge in [0.1, 0.15) is 24.0 Å². The molecule has 1 fully saturated rings. The van der Waals surface area contributed by atoms with Gasteiger partial charge in [0.15, 0.2) is 0 Å². The Bertz CT molecular complexity index is 999. The highest BCUT2D eigenvalue weighted by atomic mass is 16.5. The van der Waals surface area contributed by atoms with Crippen molar-refractivity contribution in [1.82, 2.24) is 15.3 Å². The first-order valence-corrected chi connectivity index (χ1v) is 9.96. The molecule has 0 radical (unpaired) electrons. The molecule has 1 N–H and O–H groups in total. The molecule has 0 saturated carbocycles. The Morgan fingerprint density at radius 2 is 2.20 bits per heavy atom. The number of benzene rings is 1. The molecule has 156 valence electrons. The molecule has 1 aromatic carbocycles. The molecule has 0 aliphatic carbocycles. The van der Waals surface area contributed by atoms with E-state index in [1.165, 1.54) is 4.90 Å². The predicted octanol–water partition coefficient (Wildman–Crippen LogP) is 1.17. The molecule has 2 atom stereocenters. The minimum Gasteiger partial charge on any atom is -0.489 e. The lowest BCUT2D eigenvalue weighted by Crippen LogP contribution is -2.49. The SMILES string of the molecule is CN1C(=O)C(NC(=O)c2ncc3c(n2)C2(CCCOC2)OC3)COc2ccccc21. The molecule has 1 spiro atoms. The summed E-state index contributed by atoms with van der Waals surface area (Å²) in [6, 6.07) is 6.40. The van der Waals surface area contributed by atoms with Crippen molar-refractivity contribution in [3.05, 3.63) is 47.5 Å². The Morgan fingerprint density at radius 3 is 3.03 bits per heavy atom. The normalized spacial score (nSPS) is 25.3. The number of hydrogen-bond acceptors (Lipinski definition) is 7. The monoisotopic (exact) mass is 410 g/mol. The van der Waals surface area contributed by atoms with Gasteiger partial charge in [0, 0.05) is 25.4 Å². The van der Waals surface area contributed by atoms with Crippen molar-refractivity contribution in [3.63, 3.8) is 0 Å². The van der Waals surface area contributed by atoms with Crippen LogP contribution in [0.25, 0.3) is 0 Å². The standard InChI is InChI=1S/C21H22N4O5/c1-25-15-5-2-3-6-16(15)29-11-14(20(25)27)23-19(26)18-22-9-13-10-30-21(17(13)24-18)7-4-8-28-12-21/h2-3,5-6,9,14H,4,7-8,10-12H2,1H3,(H,23,26). The van der Waals surface area contributed by atoms with Gasteiger partial charge in [-0.3, -0.25) is 9.59 Å². The summed E-state index contributed by atoms with van der Waals surface area (Å²) in [7, 11) is 1.66. The Hall–Kier alpha value is -3.04. The van der Waals surface area contributed by atoms with Gasteiger partial charge in [-0.15, -0.1) is 0 Å². The third-order valence-electron chi connectivity index (χ3n) is 5.77. The largest absolute Gasteiger partial charge is 0.489 e. The van der Waals surface area contributed by atoms with Crippen molar-refractivity contribution in [2.45, 2.75) is 31.1 Å². The number of hydrogen-bond donors (Lipinski definition) is 1. The molecule has 1 saturated heterocycles. The van der Waals surface area contributed by atoms with Crippen LogP contribution in [0.1, 0.15) is 34.7 Å². The highest BCUT2D eigenvalue weighted by Gasteiger charge is 2.44. The van der Waals surface area contributed by atoms with Crippen molar-refractivity contribution >= 4 is 17.5 Å². The van der Waals surface area contributed by atoms with E-state index in [0.717, 1.165) is 18.4 Å². The summed E-state index contributed by atoms with van der Waals surface area (Å²) < 4.78 is 17.3. The number of anilines is 1. The van der Waals surface area contributed by atoms with Gasteiger partial charge in [0.05, 0.1) is 24.6 Å². The smallest absolute Gasteiger partial charge is 0.289 e. The summed E-state index contributed by atoms with van der Waals surface area (Å²) >= 11 is 0. The highest BCUT2D eigenvalue weighted by Crippen LogP contribution is 2.40. The molecule has 9 nitrogen and oxygen atoms in total. The predicted molar refractivity (Wildman–Crippen MR) is 105 cm³/mol. The minimum atomic E-state index is -0.852. The maximum absolute atomic E-state index is 12.9. The number of likely N-dealkylation sites (N-methyl/N-ethyl adjacent to an activating group) is 1. The number of nitrogens with zero attached hydrogens (tertiary/aromatic N) is 3. The van der Waals surface area contributed by atoms with Crippen LogP contribution in [-0.4, -0.2) is 54.7 Å². The van der Waals surface area contributed by atoms with Gasteiger partial charge in [-0.2, -0.15) is 0 Å². The maximum Gasteiger partial charge on any atom is 0.289 e. The molecule has 4 heterocycles. The van der Waals surface area contributed by atoms with E-state index in [-0.39, 0.29) is 18.3 Å². The average molecular weight is 410 g/mol.